The Hall–Kier alpha value is -5.92. The summed E-state index contributed by atoms with van der Waals surface area (Å²) in [5.41, 5.74) is -6.46. The molecule has 24 heteroatoms. The standard InChI is InChI=1S/2C25H42N4O3S.C20H18O8/c2*1-18(23(31)28-8-6-27(3)7-9-28)26-24(32)29(10-11-33-19(2)30)5-4-25-15-20-12-21(16-25)14-22(13-20)17-25;1-11-3-7-13(8-4-11)15(21)19(27,17(23)24)20(28,18(25)26)16(22)14-9-5-12(2)6-10-14/h2*18,20-22H,4-17H2,1-3H3,(H,26,32);3-10,27-28H,1-2H3,(H,23,24)(H,25,26)/t2*18-,20?,21?,22?,25?;/m00./s1. The Morgan fingerprint density at radius 1 is 0.489 bits per heavy atom. The number of piperazine rings is 2. The Morgan fingerprint density at radius 3 is 1.02 bits per heavy atom. The molecule has 0 spiro atoms. The number of carboxylic acids is 2. The van der Waals surface area contributed by atoms with Crippen LogP contribution in [0.2, 0.25) is 0 Å². The number of amides is 6. The van der Waals surface area contributed by atoms with Crippen molar-refractivity contribution in [1.82, 2.24) is 40.0 Å². The van der Waals surface area contributed by atoms with Gasteiger partial charge in [0.15, 0.2) is 10.2 Å². The highest BCUT2D eigenvalue weighted by Gasteiger charge is 2.70. The molecule has 2 aromatic carbocycles. The number of thioether (sulfide) groups is 2. The van der Waals surface area contributed by atoms with E-state index >= 15 is 0 Å². The highest BCUT2D eigenvalue weighted by molar-refractivity contribution is 8.13. The van der Waals surface area contributed by atoms with E-state index in [1.54, 1.807) is 41.5 Å². The number of ketones is 2. The van der Waals surface area contributed by atoms with Crippen LogP contribution in [0.4, 0.5) is 9.59 Å². The summed E-state index contributed by atoms with van der Waals surface area (Å²) in [5.74, 6) is -1.44. The topological polar surface area (TPSA) is 295 Å². The maximum absolute atomic E-state index is 13.2. The number of hydrogen-bond acceptors (Lipinski definition) is 16. The van der Waals surface area contributed by atoms with Gasteiger partial charge in [0.25, 0.3) is 11.2 Å². The molecule has 8 bridgehead atoms. The summed E-state index contributed by atoms with van der Waals surface area (Å²) in [6.07, 6.45) is 18.6. The van der Waals surface area contributed by atoms with E-state index in [0.717, 1.165) is 98.8 Å². The third-order valence-electron chi connectivity index (χ3n) is 21.5. The van der Waals surface area contributed by atoms with Gasteiger partial charge in [0, 0.05) is 115 Å². The summed E-state index contributed by atoms with van der Waals surface area (Å²) in [5, 5.41) is 46.4. The van der Waals surface area contributed by atoms with Crippen molar-refractivity contribution in [2.75, 3.05) is 104 Å². The first kappa shape index (κ1) is 73.9. The quantitative estimate of drug-likeness (QED) is 0.0478. The van der Waals surface area contributed by atoms with Crippen LogP contribution in [0.3, 0.4) is 0 Å². The number of aliphatic carboxylic acids is 2. The van der Waals surface area contributed by atoms with Crippen molar-refractivity contribution >= 4 is 81.1 Å². The fourth-order valence-corrected chi connectivity index (χ4v) is 18.3. The van der Waals surface area contributed by atoms with E-state index in [-0.39, 0.29) is 45.2 Å². The Balaban J connectivity index is 0.000000182. The molecule has 8 aliphatic carbocycles. The lowest BCUT2D eigenvalue weighted by molar-refractivity contribution is -0.187. The summed E-state index contributed by atoms with van der Waals surface area (Å²) in [6.45, 7) is 18.9. The van der Waals surface area contributed by atoms with Crippen LogP contribution in [-0.2, 0) is 28.8 Å². The smallest absolute Gasteiger partial charge is 0.348 e. The lowest BCUT2D eigenvalue weighted by Crippen LogP contribution is -2.71. The minimum Gasteiger partial charge on any atom is -0.479 e. The predicted octanol–water partition coefficient (Wildman–Crippen LogP) is 7.09. The lowest BCUT2D eigenvalue weighted by Gasteiger charge is -2.57. The number of aryl methyl sites for hydroxylation is 2. The molecule has 22 nitrogen and oxygen atoms in total. The van der Waals surface area contributed by atoms with Crippen LogP contribution in [0, 0.1) is 60.2 Å². The van der Waals surface area contributed by atoms with E-state index < -0.39 is 46.8 Å². The lowest BCUT2D eigenvalue weighted by atomic mass is 9.49. The molecule has 2 unspecified atom stereocenters. The first-order valence-electron chi connectivity index (χ1n) is 33.9. The largest absolute Gasteiger partial charge is 0.479 e. The van der Waals surface area contributed by atoms with E-state index in [4.69, 9.17) is 0 Å². The van der Waals surface area contributed by atoms with Gasteiger partial charge in [-0.25, -0.2) is 19.2 Å². The first-order valence-corrected chi connectivity index (χ1v) is 35.9. The van der Waals surface area contributed by atoms with E-state index in [9.17, 15) is 68.4 Å². The normalized spacial score (nSPS) is 27.0. The van der Waals surface area contributed by atoms with Gasteiger partial charge in [-0.3, -0.25) is 28.8 Å². The minimum atomic E-state index is -3.96. The van der Waals surface area contributed by atoms with Crippen molar-refractivity contribution in [2.24, 2.45) is 46.3 Å². The molecule has 10 aliphatic rings. The fraction of sp³-hybridized carbons (Fsp3) is 0.686. The number of carbonyl (C=O) groups is 10. The highest BCUT2D eigenvalue weighted by Crippen LogP contribution is 2.62. The SMILES string of the molecule is CC(=O)SCCN(CCC12CC3CC(CC(C3)C1)C2)C(=O)N[C@@H](C)C(=O)N1CCN(C)CC1.CC(=O)SCCN(CCC12CC3CC(CC(C3)C1)C2)C(=O)N[C@@H](C)C(=O)N1CCN(C)CC1.Cc1ccc(C(=O)C(O)(C(=O)O)C(O)(C(=O)O)C(=O)c2ccc(C)cc2)cc1. The fourth-order valence-electron chi connectivity index (χ4n) is 17.1. The molecular weight excluding hydrogens is 1240 g/mol. The number of nitrogens with zero attached hydrogens (tertiary/aromatic N) is 6. The van der Waals surface area contributed by atoms with Crippen LogP contribution in [0.15, 0.2) is 48.5 Å². The zero-order valence-electron chi connectivity index (χ0n) is 56.4. The predicted molar refractivity (Wildman–Crippen MR) is 360 cm³/mol. The van der Waals surface area contributed by atoms with Gasteiger partial charge in [0.05, 0.1) is 0 Å². The second-order valence-corrected chi connectivity index (χ2v) is 31.6. The maximum Gasteiger partial charge on any atom is 0.348 e. The third-order valence-corrected chi connectivity index (χ3v) is 23.1. The number of carbonyl (C=O) groups excluding carboxylic acids is 8. The molecule has 0 radical (unpaired) electrons. The first-order chi connectivity index (χ1) is 44.4. The van der Waals surface area contributed by atoms with Crippen LogP contribution in [0.5, 0.6) is 0 Å². The van der Waals surface area contributed by atoms with E-state index in [1.165, 1.54) is 125 Å². The number of aliphatic hydroxyl groups is 2. The zero-order valence-corrected chi connectivity index (χ0v) is 58.0. The second kappa shape index (κ2) is 32.0. The van der Waals surface area contributed by atoms with Gasteiger partial charge in [-0.15, -0.1) is 0 Å². The Kier molecular flexibility index (Phi) is 25.1. The molecule has 2 aromatic rings. The van der Waals surface area contributed by atoms with E-state index in [2.05, 4.69) is 34.5 Å². The molecule has 4 atom stereocenters. The molecule has 10 fully saturated rings. The van der Waals surface area contributed by atoms with Gasteiger partial charge in [-0.2, -0.15) is 0 Å². The zero-order chi connectivity index (χ0) is 68.5. The monoisotopic (exact) mass is 1340 g/mol. The van der Waals surface area contributed by atoms with Crippen molar-refractivity contribution in [1.29, 1.82) is 0 Å². The molecule has 2 saturated heterocycles. The van der Waals surface area contributed by atoms with Crippen LogP contribution < -0.4 is 10.6 Å². The van der Waals surface area contributed by atoms with Crippen LogP contribution in [0.1, 0.15) is 149 Å². The molecule has 6 amide bonds. The third kappa shape index (κ3) is 18.2. The molecular formula is C70H102N8O14S2. The average molecular weight is 1340 g/mol. The molecule has 8 saturated carbocycles. The number of carboxylic acid groups (broad SMARTS) is 2. The Bertz CT molecular complexity index is 2790. The number of benzene rings is 2. The summed E-state index contributed by atoms with van der Waals surface area (Å²) >= 11 is 2.54. The number of nitrogens with one attached hydrogen (secondary N) is 2. The second-order valence-electron chi connectivity index (χ2n) is 29.0. The van der Waals surface area contributed by atoms with Gasteiger partial charge in [0.1, 0.15) is 12.1 Å². The van der Waals surface area contributed by atoms with Gasteiger partial charge in [-0.1, -0.05) is 83.2 Å². The highest BCUT2D eigenvalue weighted by atomic mass is 32.2. The van der Waals surface area contributed by atoms with Crippen molar-refractivity contribution in [3.8, 4) is 0 Å². The number of Topliss-reactive ketones (excluding diaryl/α,β-unsaturated/α-hetero) is 2. The summed E-state index contributed by atoms with van der Waals surface area (Å²) in [7, 11) is 4.13. The number of likely N-dealkylation sites (N-methyl/N-ethyl adjacent to an activating group) is 2. The van der Waals surface area contributed by atoms with Gasteiger partial charge in [-0.05, 0) is 178 Å². The molecule has 94 heavy (non-hydrogen) atoms. The van der Waals surface area contributed by atoms with Gasteiger partial charge < -0.3 is 60.5 Å². The van der Waals surface area contributed by atoms with Crippen molar-refractivity contribution in [3.63, 3.8) is 0 Å². The number of hydrogen-bond donors (Lipinski definition) is 6. The molecule has 2 aliphatic heterocycles. The summed E-state index contributed by atoms with van der Waals surface area (Å²) in [4.78, 5) is 136. The van der Waals surface area contributed by atoms with Crippen LogP contribution in [0.25, 0.3) is 0 Å². The molecule has 6 N–H and O–H groups in total. The maximum atomic E-state index is 13.2. The van der Waals surface area contributed by atoms with Gasteiger partial charge >= 0.3 is 24.0 Å². The Labute approximate surface area is 562 Å². The van der Waals surface area contributed by atoms with Crippen molar-refractivity contribution in [3.05, 3.63) is 70.8 Å². The molecule has 2 heterocycles. The van der Waals surface area contributed by atoms with Crippen molar-refractivity contribution < 1.29 is 68.4 Å². The van der Waals surface area contributed by atoms with E-state index in [1.807, 2.05) is 19.6 Å². The van der Waals surface area contributed by atoms with Crippen LogP contribution >= 0.6 is 23.5 Å². The number of rotatable bonds is 23. The summed E-state index contributed by atoms with van der Waals surface area (Å²) in [6, 6.07) is 8.93. The average Bonchev–Trinajstić information content (AvgIpc) is 0.747. The summed E-state index contributed by atoms with van der Waals surface area (Å²) < 4.78 is 0. The van der Waals surface area contributed by atoms with Gasteiger partial charge in [0.2, 0.25) is 23.4 Å². The minimum absolute atomic E-state index is 0.00408. The molecule has 12 rings (SSSR count). The number of urea groups is 2. The van der Waals surface area contributed by atoms with E-state index in [0.29, 0.717) is 85.8 Å². The molecule has 518 valence electrons. The van der Waals surface area contributed by atoms with Crippen LogP contribution in [-0.4, -0.2) is 235 Å². The molecule has 0 aromatic heterocycles. The van der Waals surface area contributed by atoms with Crippen molar-refractivity contribution in [2.45, 2.75) is 155 Å². The Morgan fingerprint density at radius 2 is 0.766 bits per heavy atom.